The Bertz CT molecular complexity index is 905. The van der Waals surface area contributed by atoms with Gasteiger partial charge in [-0.1, -0.05) is 0 Å². The fourth-order valence-electron chi connectivity index (χ4n) is 3.14. The molecule has 2 aliphatic rings. The number of pyridine rings is 1. The first-order valence-corrected chi connectivity index (χ1v) is 8.92. The number of carbonyl (C=O) groups is 1. The van der Waals surface area contributed by atoms with Crippen LogP contribution in [-0.4, -0.2) is 66.9 Å². The van der Waals surface area contributed by atoms with Gasteiger partial charge in [0.25, 0.3) is 0 Å². The Morgan fingerprint density at radius 3 is 2.75 bits per heavy atom. The third-order valence-electron chi connectivity index (χ3n) is 4.75. The second-order valence-corrected chi connectivity index (χ2v) is 6.67. The second kappa shape index (κ2) is 7.43. The zero-order valence-corrected chi connectivity index (χ0v) is 15.3. The van der Waals surface area contributed by atoms with Crippen molar-refractivity contribution in [3.8, 4) is 11.1 Å². The van der Waals surface area contributed by atoms with E-state index in [0.29, 0.717) is 16.8 Å². The Labute approximate surface area is 161 Å². The summed E-state index contributed by atoms with van der Waals surface area (Å²) in [5, 5.41) is 15.2. The Hall–Kier alpha value is -3.20. The van der Waals surface area contributed by atoms with Crippen molar-refractivity contribution in [1.29, 1.82) is 0 Å². The van der Waals surface area contributed by atoms with Crippen molar-refractivity contribution >= 4 is 23.9 Å². The van der Waals surface area contributed by atoms with Gasteiger partial charge in [0.2, 0.25) is 0 Å². The van der Waals surface area contributed by atoms with E-state index in [4.69, 9.17) is 9.84 Å². The molecule has 28 heavy (non-hydrogen) atoms. The van der Waals surface area contributed by atoms with Crippen LogP contribution in [0.2, 0.25) is 0 Å². The highest BCUT2D eigenvalue weighted by Crippen LogP contribution is 2.29. The van der Waals surface area contributed by atoms with Gasteiger partial charge in [-0.25, -0.2) is 14.2 Å². The van der Waals surface area contributed by atoms with Crippen LogP contribution in [0.3, 0.4) is 0 Å². The molecule has 0 saturated carbocycles. The number of rotatable bonds is 4. The molecule has 1 aromatic carbocycles. The van der Waals surface area contributed by atoms with E-state index in [1.165, 1.54) is 11.0 Å². The highest BCUT2D eigenvalue weighted by Gasteiger charge is 2.32. The highest BCUT2D eigenvalue weighted by atomic mass is 19.1. The molecule has 1 aromatic heterocycles. The van der Waals surface area contributed by atoms with Crippen LogP contribution in [0, 0.1) is 5.82 Å². The van der Waals surface area contributed by atoms with E-state index < -0.39 is 18.0 Å². The predicted molar refractivity (Wildman–Crippen MR) is 103 cm³/mol. The summed E-state index contributed by atoms with van der Waals surface area (Å²) in [4.78, 5) is 19.5. The van der Waals surface area contributed by atoms with Gasteiger partial charge in [-0.2, -0.15) is 5.10 Å². The molecule has 0 radical (unpaired) electrons. The standard InChI is InChI=1S/C19H20FN5O3/c1-23-6-7-24(12-22-23)18-5-2-13(9-21-18)16-4-3-14(8-17(16)20)25-10-15(11-26)28-19(25)27/h2-5,8-9,12,15,26H,6-7,10-11H2,1H3/t15-/m1/s1. The van der Waals surface area contributed by atoms with Crippen LogP contribution in [0.15, 0.2) is 41.6 Å². The van der Waals surface area contributed by atoms with Gasteiger partial charge in [0, 0.05) is 30.9 Å². The number of aromatic nitrogens is 1. The lowest BCUT2D eigenvalue weighted by atomic mass is 10.1. The second-order valence-electron chi connectivity index (χ2n) is 6.67. The van der Waals surface area contributed by atoms with Crippen molar-refractivity contribution in [1.82, 2.24) is 9.99 Å². The van der Waals surface area contributed by atoms with Crippen molar-refractivity contribution in [2.75, 3.05) is 43.1 Å². The fourth-order valence-corrected chi connectivity index (χ4v) is 3.14. The van der Waals surface area contributed by atoms with E-state index in [9.17, 15) is 9.18 Å². The third-order valence-corrected chi connectivity index (χ3v) is 4.75. The summed E-state index contributed by atoms with van der Waals surface area (Å²) in [6.45, 7) is 1.50. The summed E-state index contributed by atoms with van der Waals surface area (Å²) in [5.41, 5.74) is 1.41. The summed E-state index contributed by atoms with van der Waals surface area (Å²) >= 11 is 0. The van der Waals surface area contributed by atoms with E-state index in [1.54, 1.807) is 30.7 Å². The smallest absolute Gasteiger partial charge is 0.414 e. The van der Waals surface area contributed by atoms with E-state index >= 15 is 0 Å². The van der Waals surface area contributed by atoms with Gasteiger partial charge in [-0.05, 0) is 30.3 Å². The molecular formula is C19H20FN5O3. The first-order chi connectivity index (χ1) is 13.5. The quantitative estimate of drug-likeness (QED) is 0.866. The summed E-state index contributed by atoms with van der Waals surface area (Å²) in [6, 6.07) is 8.18. The van der Waals surface area contributed by atoms with E-state index in [0.717, 1.165) is 18.9 Å². The molecule has 2 aromatic rings. The molecule has 0 spiro atoms. The molecule has 4 rings (SSSR count). The lowest BCUT2D eigenvalue weighted by molar-refractivity contribution is 0.0963. The number of likely N-dealkylation sites (N-methyl/N-ethyl adjacent to an activating group) is 1. The topological polar surface area (TPSA) is 81.5 Å². The summed E-state index contributed by atoms with van der Waals surface area (Å²) in [6.07, 6.45) is 2.15. The molecule has 0 unspecified atom stereocenters. The van der Waals surface area contributed by atoms with E-state index in [-0.39, 0.29) is 13.2 Å². The van der Waals surface area contributed by atoms with Gasteiger partial charge >= 0.3 is 6.09 Å². The molecule has 1 atom stereocenters. The molecule has 9 heteroatoms. The fraction of sp³-hybridized carbons (Fsp3) is 0.316. The molecule has 146 valence electrons. The molecule has 1 saturated heterocycles. The van der Waals surface area contributed by atoms with Gasteiger partial charge in [-0.3, -0.25) is 9.91 Å². The number of carbonyl (C=O) groups excluding carboxylic acids is 1. The molecular weight excluding hydrogens is 365 g/mol. The Kier molecular flexibility index (Phi) is 4.82. The number of cyclic esters (lactones) is 1. The molecule has 0 aliphatic carbocycles. The molecule has 2 aliphatic heterocycles. The first kappa shape index (κ1) is 18.2. The van der Waals surface area contributed by atoms with E-state index in [1.807, 2.05) is 23.0 Å². The number of nitrogens with zero attached hydrogens (tertiary/aromatic N) is 5. The molecule has 1 N–H and O–H groups in total. The van der Waals surface area contributed by atoms with Crippen LogP contribution < -0.4 is 9.80 Å². The van der Waals surface area contributed by atoms with Crippen LogP contribution in [0.5, 0.6) is 0 Å². The first-order valence-electron chi connectivity index (χ1n) is 8.92. The van der Waals surface area contributed by atoms with Crippen molar-refractivity contribution in [3.05, 3.63) is 42.3 Å². The normalized spacial score (nSPS) is 19.3. The average Bonchev–Trinajstić information content (AvgIpc) is 3.09. The Morgan fingerprint density at radius 1 is 1.29 bits per heavy atom. The zero-order valence-electron chi connectivity index (χ0n) is 15.3. The van der Waals surface area contributed by atoms with Crippen molar-refractivity contribution in [2.45, 2.75) is 6.10 Å². The lowest BCUT2D eigenvalue weighted by Crippen LogP contribution is -2.36. The monoisotopic (exact) mass is 385 g/mol. The van der Waals surface area contributed by atoms with Gasteiger partial charge in [0.05, 0.1) is 25.4 Å². The molecule has 1 amide bonds. The van der Waals surface area contributed by atoms with Gasteiger partial charge in [-0.15, -0.1) is 0 Å². The molecule has 3 heterocycles. The number of hydrogen-bond donors (Lipinski definition) is 1. The number of anilines is 2. The lowest BCUT2D eigenvalue weighted by Gasteiger charge is -2.26. The molecule has 0 bridgehead atoms. The number of aliphatic hydroxyl groups excluding tert-OH is 1. The third kappa shape index (κ3) is 3.48. The number of ether oxygens (including phenoxy) is 1. The predicted octanol–water partition coefficient (Wildman–Crippen LogP) is 1.90. The van der Waals surface area contributed by atoms with Crippen molar-refractivity contribution < 1.29 is 19.0 Å². The molecule has 1 fully saturated rings. The highest BCUT2D eigenvalue weighted by molar-refractivity contribution is 5.90. The number of hydrazone groups is 1. The number of amides is 1. The van der Waals surface area contributed by atoms with Crippen LogP contribution >= 0.6 is 0 Å². The van der Waals surface area contributed by atoms with Gasteiger partial charge < -0.3 is 14.7 Å². The van der Waals surface area contributed by atoms with Crippen molar-refractivity contribution in [2.24, 2.45) is 5.10 Å². The van der Waals surface area contributed by atoms with E-state index in [2.05, 4.69) is 10.1 Å². The minimum absolute atomic E-state index is 0.191. The maximum Gasteiger partial charge on any atom is 0.414 e. The van der Waals surface area contributed by atoms with Gasteiger partial charge in [0.1, 0.15) is 24.1 Å². The minimum Gasteiger partial charge on any atom is -0.441 e. The number of aliphatic hydroxyl groups is 1. The number of benzene rings is 1. The van der Waals surface area contributed by atoms with Crippen molar-refractivity contribution in [3.63, 3.8) is 0 Å². The SMILES string of the molecule is CN1CCN(c2ccc(-c3ccc(N4C[C@H](CO)OC4=O)cc3F)cn2)C=N1. The van der Waals surface area contributed by atoms with Gasteiger partial charge in [0.15, 0.2) is 0 Å². The largest absolute Gasteiger partial charge is 0.441 e. The summed E-state index contributed by atoms with van der Waals surface area (Å²) < 4.78 is 19.7. The summed E-state index contributed by atoms with van der Waals surface area (Å²) in [5.74, 6) is 0.279. The average molecular weight is 385 g/mol. The Morgan fingerprint density at radius 2 is 2.14 bits per heavy atom. The number of halogens is 1. The van der Waals surface area contributed by atoms with Crippen LogP contribution in [-0.2, 0) is 4.74 Å². The Balaban J connectivity index is 1.53. The minimum atomic E-state index is -0.593. The van der Waals surface area contributed by atoms with Crippen LogP contribution in [0.4, 0.5) is 20.7 Å². The molecule has 8 nitrogen and oxygen atoms in total. The maximum atomic E-state index is 14.7. The maximum absolute atomic E-state index is 14.7. The van der Waals surface area contributed by atoms with Crippen LogP contribution in [0.1, 0.15) is 0 Å². The number of hydrogen-bond acceptors (Lipinski definition) is 7. The van der Waals surface area contributed by atoms with Crippen LogP contribution in [0.25, 0.3) is 11.1 Å². The summed E-state index contributed by atoms with van der Waals surface area (Å²) in [7, 11) is 1.91. The zero-order chi connectivity index (χ0) is 19.7.